The first kappa shape index (κ1) is 43.8. The number of nitrogens with one attached hydrogen (secondary N) is 2. The van der Waals surface area contributed by atoms with Crippen LogP contribution in [-0.2, 0) is 28.8 Å². The largest absolute Gasteiger partial charge is 0.342 e. The molecule has 0 aromatic rings. The molecular formula is C37H68N6O6. The minimum absolute atomic E-state index is 0.0671. The van der Waals surface area contributed by atoms with Crippen LogP contribution in [0.4, 0.5) is 0 Å². The summed E-state index contributed by atoms with van der Waals surface area (Å²) in [6, 6.07) is -4.18. The molecule has 12 heteroatoms. The van der Waals surface area contributed by atoms with E-state index in [2.05, 4.69) is 10.6 Å². The number of likely N-dealkylation sites (N-methyl/N-ethyl adjacent to an activating group) is 3. The van der Waals surface area contributed by atoms with E-state index in [4.69, 9.17) is 0 Å². The topological polar surface area (TPSA) is 139 Å². The lowest BCUT2D eigenvalue weighted by Gasteiger charge is -2.37. The number of nitrogens with zero attached hydrogens (tertiary/aromatic N) is 4. The van der Waals surface area contributed by atoms with Crippen molar-refractivity contribution in [1.82, 2.24) is 30.2 Å². The molecule has 0 aliphatic carbocycles. The molecule has 6 amide bonds. The molecule has 1 heterocycles. The maximum Gasteiger partial charge on any atom is 0.245 e. The van der Waals surface area contributed by atoms with Crippen LogP contribution in [0.15, 0.2) is 0 Å². The molecule has 0 spiro atoms. The van der Waals surface area contributed by atoms with Gasteiger partial charge in [0.25, 0.3) is 0 Å². The molecule has 49 heavy (non-hydrogen) atoms. The van der Waals surface area contributed by atoms with Gasteiger partial charge in [0.2, 0.25) is 35.4 Å². The Balaban J connectivity index is 3.27. The Bertz CT molecular complexity index is 1120. The number of hydrogen-bond donors (Lipinski definition) is 2. The molecule has 0 radical (unpaired) electrons. The Morgan fingerprint density at radius 1 is 0.612 bits per heavy atom. The second kappa shape index (κ2) is 20.5. The first-order chi connectivity index (χ1) is 22.8. The van der Waals surface area contributed by atoms with E-state index in [-0.39, 0.29) is 35.5 Å². The molecule has 1 aliphatic heterocycles. The Kier molecular flexibility index (Phi) is 18.3. The second-order valence-corrected chi connectivity index (χ2v) is 15.1. The van der Waals surface area contributed by atoms with E-state index >= 15 is 0 Å². The first-order valence-electron chi connectivity index (χ1n) is 18.5. The van der Waals surface area contributed by atoms with E-state index in [1.165, 1.54) is 28.7 Å². The minimum atomic E-state index is -0.949. The summed E-state index contributed by atoms with van der Waals surface area (Å²) in [7, 11) is 4.67. The number of rotatable bonds is 18. The van der Waals surface area contributed by atoms with Crippen molar-refractivity contribution in [2.75, 3.05) is 34.2 Å². The zero-order chi connectivity index (χ0) is 37.7. The molecule has 1 rings (SSSR count). The Hall–Kier alpha value is -3.18. The van der Waals surface area contributed by atoms with E-state index in [0.717, 1.165) is 19.3 Å². The van der Waals surface area contributed by atoms with Crippen molar-refractivity contribution in [3.8, 4) is 0 Å². The van der Waals surface area contributed by atoms with Crippen molar-refractivity contribution in [3.63, 3.8) is 0 Å². The van der Waals surface area contributed by atoms with Crippen molar-refractivity contribution in [3.05, 3.63) is 0 Å². The van der Waals surface area contributed by atoms with Crippen LogP contribution in [0.5, 0.6) is 0 Å². The van der Waals surface area contributed by atoms with E-state index in [9.17, 15) is 28.8 Å². The predicted octanol–water partition coefficient (Wildman–Crippen LogP) is 3.67. The molecule has 0 saturated carbocycles. The molecule has 1 fully saturated rings. The summed E-state index contributed by atoms with van der Waals surface area (Å²) in [6.45, 7) is 20.0. The van der Waals surface area contributed by atoms with Gasteiger partial charge < -0.3 is 30.2 Å². The molecule has 1 aliphatic rings. The number of piperidine rings is 1. The maximum atomic E-state index is 14.0. The molecule has 12 nitrogen and oxygen atoms in total. The fraction of sp³-hybridized carbons (Fsp3) is 0.838. The molecule has 7 atom stereocenters. The Labute approximate surface area is 296 Å². The summed E-state index contributed by atoms with van der Waals surface area (Å²) >= 11 is 0. The van der Waals surface area contributed by atoms with Gasteiger partial charge in [0, 0.05) is 41.2 Å². The van der Waals surface area contributed by atoms with Crippen LogP contribution >= 0.6 is 0 Å². The molecule has 282 valence electrons. The van der Waals surface area contributed by atoms with Gasteiger partial charge in [-0.3, -0.25) is 28.8 Å². The van der Waals surface area contributed by atoms with Gasteiger partial charge in [-0.15, -0.1) is 0 Å². The zero-order valence-electron chi connectivity index (χ0n) is 32.8. The highest BCUT2D eigenvalue weighted by Crippen LogP contribution is 2.20. The van der Waals surface area contributed by atoms with Gasteiger partial charge in [-0.05, 0) is 62.7 Å². The summed E-state index contributed by atoms with van der Waals surface area (Å²) in [5, 5.41) is 5.93. The molecule has 1 unspecified atom stereocenters. The molecule has 0 bridgehead atoms. The van der Waals surface area contributed by atoms with Crippen molar-refractivity contribution >= 4 is 35.4 Å². The summed E-state index contributed by atoms with van der Waals surface area (Å²) in [5.41, 5.74) is 0. The Morgan fingerprint density at radius 3 is 1.47 bits per heavy atom. The third-order valence-electron chi connectivity index (χ3n) is 10.3. The molecule has 0 aromatic carbocycles. The van der Waals surface area contributed by atoms with Crippen LogP contribution < -0.4 is 10.6 Å². The number of carbonyl (C=O) groups is 6. The highest BCUT2D eigenvalue weighted by atomic mass is 16.2. The van der Waals surface area contributed by atoms with E-state index in [1.807, 2.05) is 60.3 Å². The van der Waals surface area contributed by atoms with E-state index in [0.29, 0.717) is 38.8 Å². The van der Waals surface area contributed by atoms with Gasteiger partial charge in [-0.25, -0.2) is 0 Å². The van der Waals surface area contributed by atoms with Crippen LogP contribution in [0.2, 0.25) is 0 Å². The molecule has 0 aromatic heterocycles. The quantitative estimate of drug-likeness (QED) is 0.225. The minimum Gasteiger partial charge on any atom is -0.342 e. The number of hydrogen-bond acceptors (Lipinski definition) is 6. The number of carbonyl (C=O) groups excluding carboxylic acids is 6. The highest BCUT2D eigenvalue weighted by molar-refractivity contribution is 5.96. The van der Waals surface area contributed by atoms with Gasteiger partial charge in [0.05, 0.1) is 0 Å². The zero-order valence-corrected chi connectivity index (χ0v) is 32.8. The average molecular weight is 693 g/mol. The summed E-state index contributed by atoms with van der Waals surface area (Å²) < 4.78 is 0. The highest BCUT2D eigenvalue weighted by Gasteiger charge is 2.39. The third kappa shape index (κ3) is 12.6. The van der Waals surface area contributed by atoms with Crippen LogP contribution in [0, 0.1) is 23.7 Å². The normalized spacial score (nSPS) is 17.7. The fourth-order valence-electron chi connectivity index (χ4n) is 6.19. The molecular weight excluding hydrogens is 624 g/mol. The van der Waals surface area contributed by atoms with Crippen molar-refractivity contribution < 1.29 is 28.8 Å². The van der Waals surface area contributed by atoms with Crippen LogP contribution in [0.25, 0.3) is 0 Å². The number of amides is 6. The maximum absolute atomic E-state index is 14.0. The average Bonchev–Trinajstić information content (AvgIpc) is 3.07. The molecule has 1 saturated heterocycles. The van der Waals surface area contributed by atoms with Crippen molar-refractivity contribution in [1.29, 1.82) is 0 Å². The number of likely N-dealkylation sites (tertiary alicyclic amines) is 1. The van der Waals surface area contributed by atoms with Gasteiger partial charge in [0.15, 0.2) is 0 Å². The monoisotopic (exact) mass is 693 g/mol. The van der Waals surface area contributed by atoms with Crippen LogP contribution in [0.3, 0.4) is 0 Å². The van der Waals surface area contributed by atoms with Crippen LogP contribution in [0.1, 0.15) is 114 Å². The van der Waals surface area contributed by atoms with Crippen molar-refractivity contribution in [2.45, 2.75) is 144 Å². The summed E-state index contributed by atoms with van der Waals surface area (Å²) in [4.78, 5) is 87.2. The SMILES string of the molecule is CC[C@H](C)[C@H](NC(=O)[C@H](CC(C)C)N(C)C(=O)[C@H](C)N(C)C(=O)[C@@H](NC(=O)C(CC(C)C)N(C)C(C)=O)[C@@H](C)CC)C(=O)N1CCCCC1. The van der Waals surface area contributed by atoms with Gasteiger partial charge in [0.1, 0.15) is 30.2 Å². The summed E-state index contributed by atoms with van der Waals surface area (Å²) in [5.74, 6) is -2.15. The smallest absolute Gasteiger partial charge is 0.245 e. The van der Waals surface area contributed by atoms with E-state index < -0.39 is 53.8 Å². The lowest BCUT2D eigenvalue weighted by Crippen LogP contribution is -2.60. The van der Waals surface area contributed by atoms with Crippen LogP contribution in [-0.4, -0.2) is 119 Å². The fourth-order valence-corrected chi connectivity index (χ4v) is 6.19. The standard InChI is InChI=1S/C37H68N6O6/c1-14-25(7)31(38-33(45)29(21-23(3)4)41(12)28(10)44)36(48)40(11)27(9)35(47)42(13)30(22-24(5)6)34(46)39-32(26(8)15-2)37(49)43-19-17-16-18-20-43/h23-27,29-32H,14-22H2,1-13H3,(H,38,45)(H,39,46)/t25-,26-,27-,29?,30-,31-,32-/m0/s1. The van der Waals surface area contributed by atoms with Crippen molar-refractivity contribution in [2.24, 2.45) is 23.7 Å². The predicted molar refractivity (Wildman–Crippen MR) is 193 cm³/mol. The third-order valence-corrected chi connectivity index (χ3v) is 10.3. The van der Waals surface area contributed by atoms with E-state index in [1.54, 1.807) is 21.0 Å². The van der Waals surface area contributed by atoms with Gasteiger partial charge in [-0.2, -0.15) is 0 Å². The Morgan fingerprint density at radius 2 is 1.04 bits per heavy atom. The first-order valence-corrected chi connectivity index (χ1v) is 18.5. The molecule has 2 N–H and O–H groups in total. The lowest BCUT2D eigenvalue weighted by atomic mass is 9.95. The van der Waals surface area contributed by atoms with Gasteiger partial charge >= 0.3 is 0 Å². The van der Waals surface area contributed by atoms with Gasteiger partial charge in [-0.1, -0.05) is 68.2 Å². The lowest BCUT2D eigenvalue weighted by molar-refractivity contribution is -0.150. The summed E-state index contributed by atoms with van der Waals surface area (Å²) in [6.07, 6.45) is 5.07. The second-order valence-electron chi connectivity index (χ2n) is 15.1.